The van der Waals surface area contributed by atoms with Crippen molar-refractivity contribution in [2.45, 2.75) is 18.6 Å². The Bertz CT molecular complexity index is 437. The molecular weight excluding hydrogens is 300 g/mol. The average Bonchev–Trinajstić information content (AvgIpc) is 2.76. The highest BCUT2D eigenvalue weighted by molar-refractivity contribution is 9.10. The smallest absolute Gasteiger partial charge is 0.161 e. The fourth-order valence-corrected chi connectivity index (χ4v) is 3.00. The Balaban J connectivity index is 2.06. The maximum absolute atomic E-state index is 5.23. The molecule has 0 bridgehead atoms. The van der Waals surface area contributed by atoms with Crippen molar-refractivity contribution in [3.05, 3.63) is 22.7 Å². The minimum atomic E-state index is 0.617. The van der Waals surface area contributed by atoms with Crippen LogP contribution in [-0.2, 0) is 0 Å². The second-order valence-corrected chi connectivity index (χ2v) is 6.00. The summed E-state index contributed by atoms with van der Waals surface area (Å²) in [5.41, 5.74) is 0.999. The van der Waals surface area contributed by atoms with Crippen LogP contribution in [0.1, 0.15) is 13.3 Å². The van der Waals surface area contributed by atoms with Gasteiger partial charge in [0.1, 0.15) is 5.75 Å². The number of ether oxygens (including phenoxy) is 1. The van der Waals surface area contributed by atoms with Gasteiger partial charge in [-0.05, 0) is 18.6 Å². The summed E-state index contributed by atoms with van der Waals surface area (Å²) in [6, 6.07) is 5.92. The topological polar surface area (TPSA) is 33.6 Å². The molecule has 2 rings (SSSR count). The van der Waals surface area contributed by atoms with Crippen molar-refractivity contribution in [2.24, 2.45) is 4.99 Å². The van der Waals surface area contributed by atoms with E-state index in [0.717, 1.165) is 34.0 Å². The molecule has 1 aromatic rings. The summed E-state index contributed by atoms with van der Waals surface area (Å²) < 4.78 is 6.22. The summed E-state index contributed by atoms with van der Waals surface area (Å²) in [4.78, 5) is 4.48. The Morgan fingerprint density at radius 2 is 2.35 bits per heavy atom. The number of benzene rings is 1. The lowest BCUT2D eigenvalue weighted by molar-refractivity contribution is 0.415. The van der Waals surface area contributed by atoms with Gasteiger partial charge < -0.3 is 10.1 Å². The van der Waals surface area contributed by atoms with Crippen LogP contribution in [0.5, 0.6) is 5.75 Å². The molecule has 0 fully saturated rings. The van der Waals surface area contributed by atoms with Gasteiger partial charge in [-0.2, -0.15) is 0 Å². The van der Waals surface area contributed by atoms with Gasteiger partial charge in [-0.25, -0.2) is 0 Å². The first kappa shape index (κ1) is 12.8. The van der Waals surface area contributed by atoms with Crippen LogP contribution in [0, 0.1) is 0 Å². The second-order valence-electron chi connectivity index (χ2n) is 3.80. The fraction of sp³-hybridized carbons (Fsp3) is 0.417. The zero-order valence-corrected chi connectivity index (χ0v) is 12.3. The molecular formula is C12H15BrN2OS. The number of anilines is 1. The normalized spacial score (nSPS) is 19.0. The lowest BCUT2D eigenvalue weighted by atomic mass is 10.3. The molecule has 92 valence electrons. The van der Waals surface area contributed by atoms with E-state index in [0.29, 0.717) is 5.25 Å². The molecule has 3 nitrogen and oxygen atoms in total. The Hall–Kier alpha value is -0.680. The summed E-state index contributed by atoms with van der Waals surface area (Å²) in [5.74, 6) is 0.831. The fourth-order valence-electron chi connectivity index (χ4n) is 1.57. The number of nitrogens with one attached hydrogen (secondary N) is 1. The first-order valence-corrected chi connectivity index (χ1v) is 7.21. The summed E-state index contributed by atoms with van der Waals surface area (Å²) in [6.07, 6.45) is 1.15. The number of aliphatic imine (C=N–C) groups is 1. The standard InChI is InChI=1S/C12H15BrN2OS/c1-3-11-7-14-12(17-11)15-9-4-8(13)5-10(6-9)16-2/h4-6,11H,3,7H2,1-2H3,(H,14,15). The molecule has 1 aliphatic heterocycles. The van der Waals surface area contributed by atoms with Crippen LogP contribution < -0.4 is 10.1 Å². The molecule has 0 saturated heterocycles. The van der Waals surface area contributed by atoms with E-state index in [1.165, 1.54) is 0 Å². The highest BCUT2D eigenvalue weighted by Crippen LogP contribution is 2.28. The van der Waals surface area contributed by atoms with Crippen LogP contribution in [0.3, 0.4) is 0 Å². The largest absolute Gasteiger partial charge is 0.497 e. The highest BCUT2D eigenvalue weighted by atomic mass is 79.9. The van der Waals surface area contributed by atoms with E-state index in [2.05, 4.69) is 33.2 Å². The molecule has 0 aliphatic carbocycles. The third kappa shape index (κ3) is 3.39. The molecule has 0 aromatic heterocycles. The van der Waals surface area contributed by atoms with Crippen molar-refractivity contribution in [3.8, 4) is 5.75 Å². The van der Waals surface area contributed by atoms with Gasteiger partial charge in [0, 0.05) is 21.5 Å². The predicted octanol–water partition coefficient (Wildman–Crippen LogP) is 3.75. The third-order valence-corrected chi connectivity index (χ3v) is 4.26. The van der Waals surface area contributed by atoms with Crippen LogP contribution in [0.25, 0.3) is 0 Å². The van der Waals surface area contributed by atoms with Crippen LogP contribution in [0.4, 0.5) is 5.69 Å². The average molecular weight is 315 g/mol. The lowest BCUT2D eigenvalue weighted by Gasteiger charge is -2.09. The molecule has 1 heterocycles. The minimum Gasteiger partial charge on any atom is -0.497 e. The number of hydrogen-bond donors (Lipinski definition) is 1. The molecule has 5 heteroatoms. The van der Waals surface area contributed by atoms with Crippen molar-refractivity contribution in [1.82, 2.24) is 0 Å². The molecule has 1 aromatic carbocycles. The predicted molar refractivity (Wildman–Crippen MR) is 78.3 cm³/mol. The summed E-state index contributed by atoms with van der Waals surface area (Å²) >= 11 is 5.27. The van der Waals surface area contributed by atoms with Crippen molar-refractivity contribution in [3.63, 3.8) is 0 Å². The van der Waals surface area contributed by atoms with E-state index in [-0.39, 0.29) is 0 Å². The molecule has 0 spiro atoms. The minimum absolute atomic E-state index is 0.617. The lowest BCUT2D eigenvalue weighted by Crippen LogP contribution is -2.07. The van der Waals surface area contributed by atoms with Crippen molar-refractivity contribution in [1.29, 1.82) is 0 Å². The molecule has 1 unspecified atom stereocenters. The zero-order chi connectivity index (χ0) is 12.3. The number of methoxy groups -OCH3 is 1. The van der Waals surface area contributed by atoms with Gasteiger partial charge in [0.25, 0.3) is 0 Å². The molecule has 0 saturated carbocycles. The van der Waals surface area contributed by atoms with Crippen LogP contribution in [0.15, 0.2) is 27.7 Å². The Morgan fingerprint density at radius 1 is 1.53 bits per heavy atom. The second kappa shape index (κ2) is 5.78. The van der Waals surface area contributed by atoms with E-state index < -0.39 is 0 Å². The van der Waals surface area contributed by atoms with E-state index in [4.69, 9.17) is 4.74 Å². The van der Waals surface area contributed by atoms with E-state index in [1.54, 1.807) is 7.11 Å². The van der Waals surface area contributed by atoms with E-state index in [1.807, 2.05) is 30.0 Å². The molecule has 17 heavy (non-hydrogen) atoms. The molecule has 1 N–H and O–H groups in total. The number of rotatable bonds is 3. The molecule has 0 amide bonds. The van der Waals surface area contributed by atoms with Crippen molar-refractivity contribution >= 4 is 38.5 Å². The zero-order valence-electron chi connectivity index (χ0n) is 9.87. The maximum Gasteiger partial charge on any atom is 0.161 e. The number of nitrogens with zero attached hydrogens (tertiary/aromatic N) is 1. The summed E-state index contributed by atoms with van der Waals surface area (Å²) in [7, 11) is 1.67. The van der Waals surface area contributed by atoms with Crippen molar-refractivity contribution < 1.29 is 4.74 Å². The first-order chi connectivity index (χ1) is 8.21. The van der Waals surface area contributed by atoms with Gasteiger partial charge in [0.05, 0.1) is 13.7 Å². The van der Waals surface area contributed by atoms with Crippen LogP contribution >= 0.6 is 27.7 Å². The third-order valence-electron chi connectivity index (χ3n) is 2.53. The van der Waals surface area contributed by atoms with E-state index >= 15 is 0 Å². The van der Waals surface area contributed by atoms with Crippen LogP contribution in [-0.4, -0.2) is 24.1 Å². The number of amidine groups is 1. The Kier molecular flexibility index (Phi) is 4.34. The Morgan fingerprint density at radius 3 is 3.00 bits per heavy atom. The van der Waals surface area contributed by atoms with Gasteiger partial charge in [0.2, 0.25) is 0 Å². The van der Waals surface area contributed by atoms with E-state index in [9.17, 15) is 0 Å². The van der Waals surface area contributed by atoms with Gasteiger partial charge in [-0.3, -0.25) is 4.99 Å². The molecule has 1 aliphatic rings. The quantitative estimate of drug-likeness (QED) is 0.922. The SMILES string of the molecule is CCC1CN=C(Nc2cc(Br)cc(OC)c2)S1. The van der Waals surface area contributed by atoms with Gasteiger partial charge in [0.15, 0.2) is 5.17 Å². The van der Waals surface area contributed by atoms with Gasteiger partial charge in [-0.1, -0.05) is 34.6 Å². The number of thioether (sulfide) groups is 1. The monoisotopic (exact) mass is 314 g/mol. The number of halogens is 1. The molecule has 0 radical (unpaired) electrons. The summed E-state index contributed by atoms with van der Waals surface area (Å²) in [5, 5.41) is 4.94. The van der Waals surface area contributed by atoms with Crippen molar-refractivity contribution in [2.75, 3.05) is 19.0 Å². The molecule has 1 atom stereocenters. The van der Waals surface area contributed by atoms with Crippen LogP contribution in [0.2, 0.25) is 0 Å². The van der Waals surface area contributed by atoms with Gasteiger partial charge in [-0.15, -0.1) is 0 Å². The summed E-state index contributed by atoms with van der Waals surface area (Å²) in [6.45, 7) is 3.10. The number of hydrogen-bond acceptors (Lipinski definition) is 4. The van der Waals surface area contributed by atoms with Gasteiger partial charge >= 0.3 is 0 Å². The Labute approximate surface area is 114 Å². The first-order valence-electron chi connectivity index (χ1n) is 5.54. The maximum atomic E-state index is 5.23. The highest BCUT2D eigenvalue weighted by Gasteiger charge is 2.17.